The Hall–Kier alpha value is -0.0800. The standard InChI is InChI=1S/C13H28O2/c1-5-7-8-12(14)13(15)9-11(4)10(3)6-2/h10-15H,5-9H2,1-4H3. The molecule has 0 saturated carbocycles. The van der Waals surface area contributed by atoms with E-state index in [0.717, 1.165) is 32.1 Å². The minimum absolute atomic E-state index is 0.487. The maximum atomic E-state index is 9.81. The molecule has 4 unspecified atom stereocenters. The zero-order valence-electron chi connectivity index (χ0n) is 10.7. The van der Waals surface area contributed by atoms with Gasteiger partial charge in [0.2, 0.25) is 0 Å². The number of hydrogen-bond donors (Lipinski definition) is 2. The molecule has 0 amide bonds. The van der Waals surface area contributed by atoms with E-state index in [-0.39, 0.29) is 0 Å². The number of aliphatic hydroxyl groups excluding tert-OH is 2. The molecule has 0 aliphatic rings. The third kappa shape index (κ3) is 6.16. The van der Waals surface area contributed by atoms with Crippen LogP contribution in [0.5, 0.6) is 0 Å². The van der Waals surface area contributed by atoms with Crippen LogP contribution in [0.2, 0.25) is 0 Å². The van der Waals surface area contributed by atoms with Crippen LogP contribution in [0.1, 0.15) is 59.8 Å². The van der Waals surface area contributed by atoms with Gasteiger partial charge in [0.05, 0.1) is 12.2 Å². The fourth-order valence-corrected chi connectivity index (χ4v) is 1.78. The van der Waals surface area contributed by atoms with Crippen molar-refractivity contribution in [3.8, 4) is 0 Å². The summed E-state index contributed by atoms with van der Waals surface area (Å²) in [4.78, 5) is 0. The van der Waals surface area contributed by atoms with Crippen molar-refractivity contribution in [2.24, 2.45) is 11.8 Å². The van der Waals surface area contributed by atoms with Gasteiger partial charge in [-0.25, -0.2) is 0 Å². The number of aliphatic hydroxyl groups is 2. The van der Waals surface area contributed by atoms with E-state index in [9.17, 15) is 10.2 Å². The van der Waals surface area contributed by atoms with E-state index in [1.165, 1.54) is 0 Å². The van der Waals surface area contributed by atoms with Gasteiger partial charge in [0, 0.05) is 0 Å². The van der Waals surface area contributed by atoms with Crippen molar-refractivity contribution < 1.29 is 10.2 Å². The van der Waals surface area contributed by atoms with Gasteiger partial charge in [-0.1, -0.05) is 47.0 Å². The molecule has 0 fully saturated rings. The Balaban J connectivity index is 3.84. The second-order valence-electron chi connectivity index (χ2n) is 4.88. The molecular formula is C13H28O2. The molecule has 0 radical (unpaired) electrons. The molecule has 0 heterocycles. The fraction of sp³-hybridized carbons (Fsp3) is 1.00. The first-order chi connectivity index (χ1) is 7.02. The van der Waals surface area contributed by atoms with Crippen LogP contribution in [0.15, 0.2) is 0 Å². The highest BCUT2D eigenvalue weighted by molar-refractivity contribution is 4.72. The molecule has 0 aromatic rings. The van der Waals surface area contributed by atoms with E-state index in [4.69, 9.17) is 0 Å². The zero-order chi connectivity index (χ0) is 11.8. The van der Waals surface area contributed by atoms with Gasteiger partial charge in [0.15, 0.2) is 0 Å². The van der Waals surface area contributed by atoms with Crippen LogP contribution in [0.25, 0.3) is 0 Å². The van der Waals surface area contributed by atoms with Crippen molar-refractivity contribution in [2.45, 2.75) is 72.0 Å². The molecule has 0 aromatic heterocycles. The van der Waals surface area contributed by atoms with E-state index in [0.29, 0.717) is 11.8 Å². The second-order valence-corrected chi connectivity index (χ2v) is 4.88. The summed E-state index contributed by atoms with van der Waals surface area (Å²) < 4.78 is 0. The van der Waals surface area contributed by atoms with E-state index in [2.05, 4.69) is 27.7 Å². The summed E-state index contributed by atoms with van der Waals surface area (Å²) in [5.74, 6) is 1.11. The number of hydrogen-bond acceptors (Lipinski definition) is 2. The molecule has 0 rings (SSSR count). The Morgan fingerprint density at radius 1 is 0.933 bits per heavy atom. The van der Waals surface area contributed by atoms with Crippen molar-refractivity contribution >= 4 is 0 Å². The van der Waals surface area contributed by atoms with E-state index < -0.39 is 12.2 Å². The predicted octanol–water partition coefficient (Wildman–Crippen LogP) is 2.97. The number of unbranched alkanes of at least 4 members (excludes halogenated alkanes) is 1. The largest absolute Gasteiger partial charge is 0.390 e. The minimum Gasteiger partial charge on any atom is -0.390 e. The molecule has 0 spiro atoms. The summed E-state index contributed by atoms with van der Waals surface area (Å²) in [6, 6.07) is 0. The summed E-state index contributed by atoms with van der Waals surface area (Å²) in [6.07, 6.45) is 3.58. The molecule has 0 saturated heterocycles. The fourth-order valence-electron chi connectivity index (χ4n) is 1.78. The lowest BCUT2D eigenvalue weighted by Crippen LogP contribution is -2.29. The van der Waals surface area contributed by atoms with Gasteiger partial charge in [-0.15, -0.1) is 0 Å². The second kappa shape index (κ2) is 8.12. The molecule has 0 aromatic carbocycles. The molecule has 4 atom stereocenters. The van der Waals surface area contributed by atoms with Crippen molar-refractivity contribution in [1.29, 1.82) is 0 Å². The third-order valence-electron chi connectivity index (χ3n) is 3.53. The van der Waals surface area contributed by atoms with Crippen LogP contribution >= 0.6 is 0 Å². The molecule has 15 heavy (non-hydrogen) atoms. The molecule has 92 valence electrons. The van der Waals surface area contributed by atoms with Crippen molar-refractivity contribution in [3.05, 3.63) is 0 Å². The highest BCUT2D eigenvalue weighted by Crippen LogP contribution is 2.21. The quantitative estimate of drug-likeness (QED) is 0.655. The Morgan fingerprint density at radius 2 is 1.53 bits per heavy atom. The van der Waals surface area contributed by atoms with Crippen LogP contribution in [0.3, 0.4) is 0 Å². The van der Waals surface area contributed by atoms with Crippen LogP contribution in [0, 0.1) is 11.8 Å². The Kier molecular flexibility index (Phi) is 8.07. The topological polar surface area (TPSA) is 40.5 Å². The number of rotatable bonds is 8. The molecule has 2 heteroatoms. The van der Waals surface area contributed by atoms with Gasteiger partial charge in [-0.2, -0.15) is 0 Å². The van der Waals surface area contributed by atoms with Gasteiger partial charge in [-0.3, -0.25) is 0 Å². The molecule has 0 aliphatic carbocycles. The summed E-state index contributed by atoms with van der Waals surface area (Å²) in [7, 11) is 0. The van der Waals surface area contributed by atoms with Crippen molar-refractivity contribution in [1.82, 2.24) is 0 Å². The predicted molar refractivity (Wildman–Crippen MR) is 64.8 cm³/mol. The van der Waals surface area contributed by atoms with Gasteiger partial charge in [-0.05, 0) is 24.7 Å². The molecule has 2 nitrogen and oxygen atoms in total. The minimum atomic E-state index is -0.541. The first-order valence-electron chi connectivity index (χ1n) is 6.38. The van der Waals surface area contributed by atoms with Gasteiger partial charge in [0.25, 0.3) is 0 Å². The summed E-state index contributed by atoms with van der Waals surface area (Å²) in [5.41, 5.74) is 0. The maximum Gasteiger partial charge on any atom is 0.0801 e. The lowest BCUT2D eigenvalue weighted by Gasteiger charge is -2.24. The molecular weight excluding hydrogens is 188 g/mol. The van der Waals surface area contributed by atoms with Gasteiger partial charge < -0.3 is 10.2 Å². The maximum absolute atomic E-state index is 9.81. The van der Waals surface area contributed by atoms with Crippen LogP contribution in [0.4, 0.5) is 0 Å². The third-order valence-corrected chi connectivity index (χ3v) is 3.53. The Labute approximate surface area is 94.7 Å². The SMILES string of the molecule is CCCCC(O)C(O)CC(C)C(C)CC. The van der Waals surface area contributed by atoms with Crippen molar-refractivity contribution in [2.75, 3.05) is 0 Å². The van der Waals surface area contributed by atoms with Crippen LogP contribution < -0.4 is 0 Å². The van der Waals surface area contributed by atoms with E-state index >= 15 is 0 Å². The summed E-state index contributed by atoms with van der Waals surface area (Å²) >= 11 is 0. The molecule has 2 N–H and O–H groups in total. The Morgan fingerprint density at radius 3 is 2.00 bits per heavy atom. The smallest absolute Gasteiger partial charge is 0.0801 e. The molecule has 0 aliphatic heterocycles. The van der Waals surface area contributed by atoms with E-state index in [1.807, 2.05) is 0 Å². The highest BCUT2D eigenvalue weighted by Gasteiger charge is 2.20. The van der Waals surface area contributed by atoms with Crippen LogP contribution in [-0.2, 0) is 0 Å². The molecule has 0 bridgehead atoms. The summed E-state index contributed by atoms with van der Waals surface area (Å²) in [5, 5.41) is 19.5. The zero-order valence-corrected chi connectivity index (χ0v) is 10.7. The first-order valence-corrected chi connectivity index (χ1v) is 6.38. The summed E-state index contributed by atoms with van der Waals surface area (Å²) in [6.45, 7) is 8.63. The van der Waals surface area contributed by atoms with Crippen molar-refractivity contribution in [3.63, 3.8) is 0 Å². The van der Waals surface area contributed by atoms with Gasteiger partial charge >= 0.3 is 0 Å². The Bertz CT molecular complexity index is 147. The average molecular weight is 216 g/mol. The normalized spacial score (nSPS) is 19.6. The average Bonchev–Trinajstić information content (AvgIpc) is 2.24. The monoisotopic (exact) mass is 216 g/mol. The lowest BCUT2D eigenvalue weighted by atomic mass is 9.87. The lowest BCUT2D eigenvalue weighted by molar-refractivity contribution is -0.00348. The highest BCUT2D eigenvalue weighted by atomic mass is 16.3. The van der Waals surface area contributed by atoms with Gasteiger partial charge in [0.1, 0.15) is 0 Å². The first kappa shape index (κ1) is 14.9. The van der Waals surface area contributed by atoms with Crippen LogP contribution in [-0.4, -0.2) is 22.4 Å². The van der Waals surface area contributed by atoms with E-state index in [1.54, 1.807) is 0 Å².